The molecular formula is C30H26F4N2O5. The van der Waals surface area contributed by atoms with Crippen LogP contribution in [0.25, 0.3) is 0 Å². The first-order valence-electron chi connectivity index (χ1n) is 12.4. The molecule has 1 atom stereocenters. The molecule has 4 rings (SSSR count). The first-order valence-corrected chi connectivity index (χ1v) is 12.4. The number of halogens is 4. The monoisotopic (exact) mass is 570 g/mol. The van der Waals surface area contributed by atoms with Gasteiger partial charge >= 0.3 is 6.18 Å². The highest BCUT2D eigenvalue weighted by molar-refractivity contribution is 6.19. The van der Waals surface area contributed by atoms with Crippen LogP contribution in [0.1, 0.15) is 33.2 Å². The molecule has 214 valence electrons. The van der Waals surface area contributed by atoms with E-state index in [1.54, 1.807) is 6.07 Å². The van der Waals surface area contributed by atoms with Gasteiger partial charge < -0.3 is 19.7 Å². The maximum absolute atomic E-state index is 15.2. The van der Waals surface area contributed by atoms with Gasteiger partial charge in [-0.2, -0.15) is 13.2 Å². The van der Waals surface area contributed by atoms with E-state index in [0.717, 1.165) is 4.90 Å². The molecule has 2 amide bonds. The van der Waals surface area contributed by atoms with Gasteiger partial charge in [0, 0.05) is 23.4 Å². The zero-order valence-electron chi connectivity index (χ0n) is 22.3. The number of nitrogens with zero attached hydrogens (tertiary/aromatic N) is 1. The highest BCUT2D eigenvalue weighted by Crippen LogP contribution is 2.46. The van der Waals surface area contributed by atoms with Crippen molar-refractivity contribution in [2.75, 3.05) is 20.8 Å². The molecule has 41 heavy (non-hydrogen) atoms. The van der Waals surface area contributed by atoms with E-state index in [9.17, 15) is 18.8 Å². The summed E-state index contributed by atoms with van der Waals surface area (Å²) >= 11 is 0. The molecule has 0 saturated heterocycles. The summed E-state index contributed by atoms with van der Waals surface area (Å²) in [4.78, 5) is 41.6. The molecule has 3 aromatic rings. The van der Waals surface area contributed by atoms with E-state index in [4.69, 9.17) is 9.47 Å². The lowest BCUT2D eigenvalue weighted by Crippen LogP contribution is -2.66. The fraction of sp³-hybridized carbons (Fsp3) is 0.233. The Bertz CT molecular complexity index is 1500. The number of carbonyl (C=O) groups excluding carboxylic acids is 3. The minimum absolute atomic E-state index is 0.0632. The number of hydrogen-bond donors (Lipinski definition) is 1. The molecule has 1 aliphatic heterocycles. The number of allylic oxidation sites excluding steroid dienone is 1. The van der Waals surface area contributed by atoms with Crippen LogP contribution in [-0.2, 0) is 11.2 Å². The van der Waals surface area contributed by atoms with Crippen LogP contribution < -0.4 is 14.8 Å². The third-order valence-electron chi connectivity index (χ3n) is 6.88. The van der Waals surface area contributed by atoms with Crippen molar-refractivity contribution in [2.45, 2.75) is 25.1 Å². The van der Waals surface area contributed by atoms with E-state index >= 15 is 13.2 Å². The van der Waals surface area contributed by atoms with Crippen LogP contribution in [0, 0.1) is 5.82 Å². The quantitative estimate of drug-likeness (QED) is 0.285. The number of Topliss-reactive ketones (excluding diaryl/α,β-unsaturated/α-hetero) is 1. The summed E-state index contributed by atoms with van der Waals surface area (Å²) in [6.45, 7) is 0.973. The second kappa shape index (κ2) is 11.4. The van der Waals surface area contributed by atoms with Crippen molar-refractivity contribution in [3.63, 3.8) is 0 Å². The molecule has 7 nitrogen and oxygen atoms in total. The number of hydrogen-bond acceptors (Lipinski definition) is 5. The lowest BCUT2D eigenvalue weighted by Gasteiger charge is -2.33. The molecular weight excluding hydrogens is 544 g/mol. The van der Waals surface area contributed by atoms with Gasteiger partial charge in [-0.1, -0.05) is 42.5 Å². The van der Waals surface area contributed by atoms with Gasteiger partial charge in [-0.3, -0.25) is 14.4 Å². The van der Waals surface area contributed by atoms with Crippen molar-refractivity contribution < 1.29 is 41.4 Å². The van der Waals surface area contributed by atoms with E-state index in [0.29, 0.717) is 5.56 Å². The molecule has 0 saturated carbocycles. The average Bonchev–Trinajstić information content (AvgIpc) is 3.18. The Morgan fingerprint density at radius 1 is 0.902 bits per heavy atom. The maximum Gasteiger partial charge on any atom is 0.425 e. The Morgan fingerprint density at radius 3 is 2.12 bits per heavy atom. The lowest BCUT2D eigenvalue weighted by molar-refractivity contribution is -0.189. The van der Waals surface area contributed by atoms with Crippen LogP contribution in [0.15, 0.2) is 84.1 Å². The van der Waals surface area contributed by atoms with E-state index < -0.39 is 40.7 Å². The van der Waals surface area contributed by atoms with Gasteiger partial charge in [-0.15, -0.1) is 0 Å². The first kappa shape index (κ1) is 29.3. The largest absolute Gasteiger partial charge is 0.493 e. The van der Waals surface area contributed by atoms with Gasteiger partial charge in [0.15, 0.2) is 17.3 Å². The number of amides is 2. The van der Waals surface area contributed by atoms with E-state index in [-0.39, 0.29) is 41.3 Å². The minimum Gasteiger partial charge on any atom is -0.493 e. The van der Waals surface area contributed by atoms with Crippen LogP contribution in [0.3, 0.4) is 0 Å². The van der Waals surface area contributed by atoms with Gasteiger partial charge in [0.1, 0.15) is 5.82 Å². The summed E-state index contributed by atoms with van der Waals surface area (Å²) in [5.74, 6) is -4.04. The minimum atomic E-state index is -5.41. The molecule has 11 heteroatoms. The van der Waals surface area contributed by atoms with Crippen molar-refractivity contribution >= 4 is 17.6 Å². The molecule has 3 aromatic carbocycles. The van der Waals surface area contributed by atoms with Gasteiger partial charge in [-0.05, 0) is 49.2 Å². The Kier molecular flexibility index (Phi) is 8.18. The smallest absolute Gasteiger partial charge is 0.425 e. The van der Waals surface area contributed by atoms with Crippen molar-refractivity contribution in [3.05, 3.63) is 107 Å². The van der Waals surface area contributed by atoms with E-state index in [2.05, 4.69) is 0 Å². The topological polar surface area (TPSA) is 84.9 Å². The molecule has 0 fully saturated rings. The first-order chi connectivity index (χ1) is 19.4. The highest BCUT2D eigenvalue weighted by Gasteiger charge is 2.70. The Morgan fingerprint density at radius 2 is 1.54 bits per heavy atom. The number of ether oxygens (including phenoxy) is 2. The second-order valence-corrected chi connectivity index (χ2v) is 9.26. The van der Waals surface area contributed by atoms with Crippen molar-refractivity contribution in [1.82, 2.24) is 10.2 Å². The molecule has 1 aliphatic rings. The highest BCUT2D eigenvalue weighted by atomic mass is 19.4. The fourth-order valence-corrected chi connectivity index (χ4v) is 4.77. The predicted octanol–water partition coefficient (Wildman–Crippen LogP) is 5.12. The van der Waals surface area contributed by atoms with Gasteiger partial charge in [0.25, 0.3) is 11.8 Å². The summed E-state index contributed by atoms with van der Waals surface area (Å²) in [6, 6.07) is 16.2. The summed E-state index contributed by atoms with van der Waals surface area (Å²) < 4.78 is 69.1. The summed E-state index contributed by atoms with van der Waals surface area (Å²) in [6.07, 6.45) is -5.35. The standard InChI is InChI=1S/C30H26F4N2O5/c1-18-25(26(37)20-7-5-4-6-8-20)29(30(32,33)34,28(39)36(18)16-15-19-9-12-22(31)13-10-19)35-27(38)21-11-14-23(40-2)24(17-21)41-3/h4-14,17H,15-16H2,1-3H3,(H,35,38)/t29-/m1/s1. The van der Waals surface area contributed by atoms with Crippen LogP contribution >= 0.6 is 0 Å². The molecule has 0 aliphatic carbocycles. The molecule has 1 heterocycles. The summed E-state index contributed by atoms with van der Waals surface area (Å²) in [5.41, 5.74) is -4.64. The van der Waals surface area contributed by atoms with Crippen LogP contribution in [0.2, 0.25) is 0 Å². The van der Waals surface area contributed by atoms with Crippen molar-refractivity contribution in [3.8, 4) is 11.5 Å². The zero-order chi connectivity index (χ0) is 29.9. The third-order valence-corrected chi connectivity index (χ3v) is 6.88. The Balaban J connectivity index is 1.82. The average molecular weight is 571 g/mol. The predicted molar refractivity (Wildman–Crippen MR) is 141 cm³/mol. The molecule has 0 spiro atoms. The molecule has 0 aromatic heterocycles. The normalized spacial score (nSPS) is 17.0. The van der Waals surface area contributed by atoms with Crippen LogP contribution in [0.4, 0.5) is 17.6 Å². The van der Waals surface area contributed by atoms with Crippen LogP contribution in [-0.4, -0.2) is 55.0 Å². The van der Waals surface area contributed by atoms with Crippen molar-refractivity contribution in [1.29, 1.82) is 0 Å². The van der Waals surface area contributed by atoms with E-state index in [1.165, 1.54) is 87.9 Å². The van der Waals surface area contributed by atoms with Crippen LogP contribution in [0.5, 0.6) is 11.5 Å². The number of nitrogens with one attached hydrogen (secondary N) is 1. The SMILES string of the molecule is COc1ccc(C(=O)N[C@@]2(C(F)(F)F)C(=O)N(CCc3ccc(F)cc3)C(C)=C2C(=O)c2ccccc2)cc1OC. The molecule has 0 bridgehead atoms. The summed E-state index contributed by atoms with van der Waals surface area (Å²) in [5, 5.41) is 1.87. The molecule has 0 radical (unpaired) electrons. The fourth-order valence-electron chi connectivity index (χ4n) is 4.77. The number of methoxy groups -OCH3 is 2. The Labute approximate surface area is 233 Å². The number of ketones is 1. The van der Waals surface area contributed by atoms with Gasteiger partial charge in [-0.25, -0.2) is 4.39 Å². The van der Waals surface area contributed by atoms with Gasteiger partial charge in [0.2, 0.25) is 5.54 Å². The zero-order valence-corrected chi connectivity index (χ0v) is 22.3. The number of carbonyl (C=O) groups is 3. The second-order valence-electron chi connectivity index (χ2n) is 9.26. The number of alkyl halides is 3. The van der Waals surface area contributed by atoms with Crippen molar-refractivity contribution in [2.24, 2.45) is 0 Å². The van der Waals surface area contributed by atoms with E-state index in [1.807, 2.05) is 5.32 Å². The number of rotatable bonds is 9. The molecule has 1 N–H and O–H groups in total. The third kappa shape index (κ3) is 5.39. The maximum atomic E-state index is 15.2. The van der Waals surface area contributed by atoms with Gasteiger partial charge in [0.05, 0.1) is 19.8 Å². The Hall–Kier alpha value is -4.67. The molecule has 0 unspecified atom stereocenters. The number of benzene rings is 3. The summed E-state index contributed by atoms with van der Waals surface area (Å²) in [7, 11) is 2.64. The lowest BCUT2D eigenvalue weighted by atomic mass is 9.84.